The van der Waals surface area contributed by atoms with Crippen LogP contribution in [0.25, 0.3) is 0 Å². The van der Waals surface area contributed by atoms with Gasteiger partial charge in [0.15, 0.2) is 5.69 Å². The monoisotopic (exact) mass is 290 g/mol. The molecule has 1 aromatic carbocycles. The molecule has 94 valence electrons. The summed E-state index contributed by atoms with van der Waals surface area (Å²) in [4.78, 5) is 7.70. The predicted octanol–water partition coefficient (Wildman–Crippen LogP) is 4.30. The highest BCUT2D eigenvalue weighted by Crippen LogP contribution is 2.33. The number of rotatable bonds is 2. The lowest BCUT2D eigenvalue weighted by Gasteiger charge is -2.07. The van der Waals surface area contributed by atoms with E-state index >= 15 is 0 Å². The van der Waals surface area contributed by atoms with E-state index in [2.05, 4.69) is 9.97 Å². The van der Waals surface area contributed by atoms with Gasteiger partial charge in [-0.1, -0.05) is 30.0 Å². The minimum absolute atomic E-state index is 0.161. The van der Waals surface area contributed by atoms with Crippen LogP contribution in [0.4, 0.5) is 13.2 Å². The molecule has 0 saturated heterocycles. The maximum absolute atomic E-state index is 12.5. The van der Waals surface area contributed by atoms with Gasteiger partial charge in [-0.15, -0.1) is 0 Å². The van der Waals surface area contributed by atoms with Gasteiger partial charge in [-0.25, -0.2) is 9.97 Å². The van der Waals surface area contributed by atoms with Crippen LogP contribution in [0, 0.1) is 0 Å². The molecule has 0 aliphatic carbocycles. The van der Waals surface area contributed by atoms with E-state index in [9.17, 15) is 13.2 Å². The van der Waals surface area contributed by atoms with Crippen molar-refractivity contribution in [2.24, 2.45) is 0 Å². The Bertz CT molecular complexity index is 546. The Labute approximate surface area is 110 Å². The van der Waals surface area contributed by atoms with Gasteiger partial charge in [0.05, 0.1) is 0 Å². The molecule has 0 saturated carbocycles. The summed E-state index contributed by atoms with van der Waals surface area (Å²) in [7, 11) is 0. The zero-order valence-corrected chi connectivity index (χ0v) is 10.4. The Morgan fingerprint density at radius 2 is 1.72 bits per heavy atom. The number of nitrogens with zero attached hydrogens (tertiary/aromatic N) is 2. The van der Waals surface area contributed by atoms with E-state index in [1.807, 2.05) is 6.07 Å². The summed E-state index contributed by atoms with van der Waals surface area (Å²) >= 11 is 6.58. The van der Waals surface area contributed by atoms with E-state index in [1.165, 1.54) is 0 Å². The van der Waals surface area contributed by atoms with Crippen LogP contribution < -0.4 is 0 Å². The highest BCUT2D eigenvalue weighted by atomic mass is 35.5. The standard InChI is InChI=1S/C11H6ClF3N2S/c12-10-16-8(11(13,14)15)6-9(17-10)18-7-4-2-1-3-5-7/h1-6H. The van der Waals surface area contributed by atoms with E-state index in [-0.39, 0.29) is 5.03 Å². The quantitative estimate of drug-likeness (QED) is 0.609. The number of aromatic nitrogens is 2. The van der Waals surface area contributed by atoms with E-state index < -0.39 is 17.2 Å². The van der Waals surface area contributed by atoms with Crippen molar-refractivity contribution in [1.29, 1.82) is 0 Å². The van der Waals surface area contributed by atoms with Gasteiger partial charge in [0, 0.05) is 11.0 Å². The van der Waals surface area contributed by atoms with Crippen molar-refractivity contribution in [2.75, 3.05) is 0 Å². The van der Waals surface area contributed by atoms with E-state index in [1.54, 1.807) is 24.3 Å². The lowest BCUT2D eigenvalue weighted by atomic mass is 10.4. The average molecular weight is 291 g/mol. The van der Waals surface area contributed by atoms with Gasteiger partial charge >= 0.3 is 6.18 Å². The first kappa shape index (κ1) is 13.2. The molecule has 1 aromatic heterocycles. The largest absolute Gasteiger partial charge is 0.433 e. The van der Waals surface area contributed by atoms with Gasteiger partial charge in [0.1, 0.15) is 5.03 Å². The van der Waals surface area contributed by atoms with Crippen molar-refractivity contribution in [3.05, 3.63) is 47.4 Å². The van der Waals surface area contributed by atoms with Crippen LogP contribution >= 0.6 is 23.4 Å². The first-order valence-electron chi connectivity index (χ1n) is 4.80. The Morgan fingerprint density at radius 3 is 2.33 bits per heavy atom. The second-order valence-electron chi connectivity index (χ2n) is 3.27. The third kappa shape index (κ3) is 3.36. The van der Waals surface area contributed by atoms with Crippen LogP contribution in [0.15, 0.2) is 46.3 Å². The maximum Gasteiger partial charge on any atom is 0.433 e. The summed E-state index contributed by atoms with van der Waals surface area (Å²) in [5.41, 5.74) is -1.04. The van der Waals surface area contributed by atoms with Crippen molar-refractivity contribution in [1.82, 2.24) is 9.97 Å². The second kappa shape index (κ2) is 5.16. The smallest absolute Gasteiger partial charge is 0.213 e. The third-order valence-electron chi connectivity index (χ3n) is 1.93. The van der Waals surface area contributed by atoms with E-state index in [0.717, 1.165) is 22.7 Å². The van der Waals surface area contributed by atoms with Crippen molar-refractivity contribution in [2.45, 2.75) is 16.1 Å². The Hall–Kier alpha value is -1.27. The van der Waals surface area contributed by atoms with Crippen LogP contribution in [-0.2, 0) is 6.18 Å². The molecular weight excluding hydrogens is 285 g/mol. The highest BCUT2D eigenvalue weighted by molar-refractivity contribution is 7.99. The predicted molar refractivity (Wildman–Crippen MR) is 62.6 cm³/mol. The Morgan fingerprint density at radius 1 is 1.06 bits per heavy atom. The van der Waals surface area contributed by atoms with Gasteiger partial charge in [-0.3, -0.25) is 0 Å². The maximum atomic E-state index is 12.5. The zero-order valence-electron chi connectivity index (χ0n) is 8.78. The summed E-state index contributed by atoms with van der Waals surface area (Å²) < 4.78 is 37.6. The van der Waals surface area contributed by atoms with Gasteiger partial charge in [-0.05, 0) is 23.7 Å². The molecule has 0 bridgehead atoms. The highest BCUT2D eigenvalue weighted by Gasteiger charge is 2.33. The minimum Gasteiger partial charge on any atom is -0.213 e. The molecule has 0 atom stereocenters. The summed E-state index contributed by atoms with van der Waals surface area (Å²) in [5.74, 6) is 0. The number of halogens is 4. The summed E-state index contributed by atoms with van der Waals surface area (Å²) in [6.07, 6.45) is -4.53. The average Bonchev–Trinajstić information content (AvgIpc) is 2.28. The third-order valence-corrected chi connectivity index (χ3v) is 3.03. The van der Waals surface area contributed by atoms with Gasteiger partial charge in [0.2, 0.25) is 5.28 Å². The molecule has 2 nitrogen and oxygen atoms in total. The topological polar surface area (TPSA) is 25.8 Å². The van der Waals surface area contributed by atoms with E-state index in [4.69, 9.17) is 11.6 Å². The molecule has 0 aliphatic heterocycles. The number of hydrogen-bond donors (Lipinski definition) is 0. The lowest BCUT2D eigenvalue weighted by molar-refractivity contribution is -0.141. The summed E-state index contributed by atoms with van der Waals surface area (Å²) in [6, 6.07) is 9.81. The summed E-state index contributed by atoms with van der Waals surface area (Å²) in [5, 5.41) is -0.253. The van der Waals surface area contributed by atoms with Crippen LogP contribution in [0.1, 0.15) is 5.69 Å². The van der Waals surface area contributed by atoms with Crippen LogP contribution in [-0.4, -0.2) is 9.97 Å². The molecule has 0 amide bonds. The second-order valence-corrected chi connectivity index (χ2v) is 4.71. The number of benzene rings is 1. The number of alkyl halides is 3. The van der Waals surface area contributed by atoms with Crippen LogP contribution in [0.3, 0.4) is 0 Å². The van der Waals surface area contributed by atoms with Crippen molar-refractivity contribution in [3.63, 3.8) is 0 Å². The first-order valence-corrected chi connectivity index (χ1v) is 5.99. The molecule has 0 unspecified atom stereocenters. The first-order chi connectivity index (χ1) is 8.45. The normalized spacial score (nSPS) is 11.6. The fourth-order valence-corrected chi connectivity index (χ4v) is 2.27. The van der Waals surface area contributed by atoms with Gasteiger partial charge < -0.3 is 0 Å². The molecule has 2 rings (SSSR count). The molecule has 0 radical (unpaired) electrons. The Kier molecular flexibility index (Phi) is 3.77. The van der Waals surface area contributed by atoms with Crippen molar-refractivity contribution in [3.8, 4) is 0 Å². The zero-order chi connectivity index (χ0) is 13.2. The molecule has 1 heterocycles. The molecule has 2 aromatic rings. The SMILES string of the molecule is FC(F)(F)c1cc(Sc2ccccc2)nc(Cl)n1. The molecule has 0 fully saturated rings. The molecule has 7 heteroatoms. The van der Waals surface area contributed by atoms with Gasteiger partial charge in [0.25, 0.3) is 0 Å². The van der Waals surface area contributed by atoms with E-state index in [0.29, 0.717) is 0 Å². The molecule has 0 aliphatic rings. The molecule has 0 N–H and O–H groups in total. The van der Waals surface area contributed by atoms with Crippen molar-refractivity contribution < 1.29 is 13.2 Å². The van der Waals surface area contributed by atoms with Crippen LogP contribution in [0.2, 0.25) is 5.28 Å². The number of hydrogen-bond acceptors (Lipinski definition) is 3. The fraction of sp³-hybridized carbons (Fsp3) is 0.0909. The van der Waals surface area contributed by atoms with Gasteiger partial charge in [-0.2, -0.15) is 13.2 Å². The van der Waals surface area contributed by atoms with Crippen LogP contribution in [0.5, 0.6) is 0 Å². The fourth-order valence-electron chi connectivity index (χ4n) is 1.20. The lowest BCUT2D eigenvalue weighted by Crippen LogP contribution is -2.09. The summed E-state index contributed by atoms with van der Waals surface area (Å²) in [6.45, 7) is 0. The molecular formula is C11H6ClF3N2S. The Balaban J connectivity index is 2.32. The molecule has 0 spiro atoms. The van der Waals surface area contributed by atoms with Crippen molar-refractivity contribution >= 4 is 23.4 Å². The molecule has 18 heavy (non-hydrogen) atoms. The minimum atomic E-state index is -4.53.